The number of piperidine rings is 1. The van der Waals surface area contributed by atoms with E-state index in [0.717, 1.165) is 30.6 Å². The van der Waals surface area contributed by atoms with Gasteiger partial charge in [-0.05, 0) is 26.7 Å². The number of aromatic nitrogens is 2. The van der Waals surface area contributed by atoms with Gasteiger partial charge >= 0.3 is 0 Å². The number of hydrogen-bond acceptors (Lipinski definition) is 5. The van der Waals surface area contributed by atoms with E-state index in [-0.39, 0.29) is 6.61 Å². The zero-order chi connectivity index (χ0) is 12.5. The van der Waals surface area contributed by atoms with Gasteiger partial charge in [0.1, 0.15) is 0 Å². The predicted molar refractivity (Wildman–Crippen MR) is 64.8 cm³/mol. The molecule has 1 atom stereocenters. The summed E-state index contributed by atoms with van der Waals surface area (Å²) in [4.78, 5) is 10.6. The molecule has 0 bridgehead atoms. The van der Waals surface area contributed by atoms with Gasteiger partial charge in [-0.25, -0.2) is 9.97 Å². The Hall–Kier alpha value is -1.20. The van der Waals surface area contributed by atoms with Crippen LogP contribution in [0.4, 0.5) is 5.95 Å². The standard InChI is InChI=1S/C12H19N3O2/c1-9-10(7-16)6-13-11(14-9)15-5-3-4-12(2,17)8-15/h6,16-17H,3-5,7-8H2,1-2H3. The van der Waals surface area contributed by atoms with Gasteiger partial charge in [-0.2, -0.15) is 0 Å². The van der Waals surface area contributed by atoms with Crippen molar-refractivity contribution in [1.29, 1.82) is 0 Å². The zero-order valence-corrected chi connectivity index (χ0v) is 10.3. The lowest BCUT2D eigenvalue weighted by molar-refractivity contribution is 0.0444. The SMILES string of the molecule is Cc1nc(N2CCCC(C)(O)C2)ncc1CO. The van der Waals surface area contributed by atoms with Crippen LogP contribution in [-0.2, 0) is 6.61 Å². The quantitative estimate of drug-likeness (QED) is 0.789. The van der Waals surface area contributed by atoms with E-state index in [4.69, 9.17) is 5.11 Å². The van der Waals surface area contributed by atoms with Gasteiger partial charge in [0.25, 0.3) is 0 Å². The molecule has 0 radical (unpaired) electrons. The molecule has 17 heavy (non-hydrogen) atoms. The predicted octanol–water partition coefficient (Wildman–Crippen LogP) is 0.629. The van der Waals surface area contributed by atoms with Gasteiger partial charge in [0.2, 0.25) is 5.95 Å². The molecule has 1 saturated heterocycles. The van der Waals surface area contributed by atoms with E-state index in [1.807, 2.05) is 18.7 Å². The summed E-state index contributed by atoms with van der Waals surface area (Å²) in [5.41, 5.74) is 0.880. The Kier molecular flexibility index (Phi) is 3.31. The van der Waals surface area contributed by atoms with Crippen LogP contribution in [0.2, 0.25) is 0 Å². The molecule has 1 unspecified atom stereocenters. The van der Waals surface area contributed by atoms with Crippen molar-refractivity contribution < 1.29 is 10.2 Å². The van der Waals surface area contributed by atoms with Crippen LogP contribution in [-0.4, -0.2) is 38.9 Å². The summed E-state index contributed by atoms with van der Waals surface area (Å²) < 4.78 is 0. The molecule has 1 aliphatic rings. The summed E-state index contributed by atoms with van der Waals surface area (Å²) in [6.45, 7) is 5.09. The lowest BCUT2D eigenvalue weighted by Gasteiger charge is -2.36. The molecule has 94 valence electrons. The largest absolute Gasteiger partial charge is 0.392 e. The Labute approximate surface area is 101 Å². The normalized spacial score (nSPS) is 25.1. The Morgan fingerprint density at radius 2 is 2.29 bits per heavy atom. The van der Waals surface area contributed by atoms with E-state index >= 15 is 0 Å². The van der Waals surface area contributed by atoms with E-state index in [9.17, 15) is 5.11 Å². The number of anilines is 1. The van der Waals surface area contributed by atoms with Gasteiger partial charge in [0, 0.05) is 30.5 Å². The maximum atomic E-state index is 10.0. The van der Waals surface area contributed by atoms with Crippen LogP contribution >= 0.6 is 0 Å². The van der Waals surface area contributed by atoms with E-state index < -0.39 is 5.60 Å². The summed E-state index contributed by atoms with van der Waals surface area (Å²) in [5, 5.41) is 19.1. The van der Waals surface area contributed by atoms with Crippen molar-refractivity contribution in [2.45, 2.75) is 38.9 Å². The van der Waals surface area contributed by atoms with Gasteiger partial charge in [-0.15, -0.1) is 0 Å². The third-order valence-corrected chi connectivity index (χ3v) is 3.20. The molecule has 1 aromatic heterocycles. The van der Waals surface area contributed by atoms with E-state index in [0.29, 0.717) is 12.5 Å². The van der Waals surface area contributed by atoms with Gasteiger partial charge < -0.3 is 15.1 Å². The van der Waals surface area contributed by atoms with Crippen molar-refractivity contribution in [2.75, 3.05) is 18.0 Å². The summed E-state index contributed by atoms with van der Waals surface area (Å²) in [6.07, 6.45) is 3.41. The number of aliphatic hydroxyl groups excluding tert-OH is 1. The average Bonchev–Trinajstić information content (AvgIpc) is 2.27. The molecule has 2 heterocycles. The van der Waals surface area contributed by atoms with Crippen LogP contribution in [0.25, 0.3) is 0 Å². The number of hydrogen-bond donors (Lipinski definition) is 2. The van der Waals surface area contributed by atoms with Gasteiger partial charge in [-0.1, -0.05) is 0 Å². The second-order valence-corrected chi connectivity index (χ2v) is 4.96. The van der Waals surface area contributed by atoms with Crippen LogP contribution < -0.4 is 4.90 Å². The summed E-state index contributed by atoms with van der Waals surface area (Å²) in [6, 6.07) is 0. The summed E-state index contributed by atoms with van der Waals surface area (Å²) in [7, 11) is 0. The molecule has 1 aromatic rings. The smallest absolute Gasteiger partial charge is 0.225 e. The minimum Gasteiger partial charge on any atom is -0.392 e. The zero-order valence-electron chi connectivity index (χ0n) is 10.3. The molecular weight excluding hydrogens is 218 g/mol. The third kappa shape index (κ3) is 2.73. The second kappa shape index (κ2) is 4.58. The lowest BCUT2D eigenvalue weighted by Crippen LogP contribution is -2.46. The van der Waals surface area contributed by atoms with Crippen molar-refractivity contribution >= 4 is 5.95 Å². The first-order valence-corrected chi connectivity index (χ1v) is 5.92. The molecular formula is C12H19N3O2. The first-order valence-electron chi connectivity index (χ1n) is 5.92. The molecule has 0 aromatic carbocycles. The average molecular weight is 237 g/mol. The van der Waals surface area contributed by atoms with Crippen LogP contribution in [0.15, 0.2) is 6.20 Å². The monoisotopic (exact) mass is 237 g/mol. The van der Waals surface area contributed by atoms with E-state index in [2.05, 4.69) is 9.97 Å². The molecule has 2 N–H and O–H groups in total. The minimum absolute atomic E-state index is 0.0379. The molecule has 5 heteroatoms. The van der Waals surface area contributed by atoms with Crippen molar-refractivity contribution in [2.24, 2.45) is 0 Å². The number of nitrogens with zero attached hydrogens (tertiary/aromatic N) is 3. The van der Waals surface area contributed by atoms with Crippen molar-refractivity contribution in [3.05, 3.63) is 17.5 Å². The van der Waals surface area contributed by atoms with Crippen molar-refractivity contribution in [3.63, 3.8) is 0 Å². The number of aryl methyl sites for hydroxylation is 1. The number of rotatable bonds is 2. The maximum Gasteiger partial charge on any atom is 0.225 e. The van der Waals surface area contributed by atoms with Gasteiger partial charge in [-0.3, -0.25) is 0 Å². The van der Waals surface area contributed by atoms with Crippen LogP contribution in [0.1, 0.15) is 31.0 Å². The molecule has 0 amide bonds. The molecule has 5 nitrogen and oxygen atoms in total. The Bertz CT molecular complexity index is 407. The highest BCUT2D eigenvalue weighted by Crippen LogP contribution is 2.23. The van der Waals surface area contributed by atoms with E-state index in [1.54, 1.807) is 6.20 Å². The molecule has 0 saturated carbocycles. The molecule has 0 aliphatic carbocycles. The molecule has 2 rings (SSSR count). The third-order valence-electron chi connectivity index (χ3n) is 3.20. The Balaban J connectivity index is 2.19. The number of β-amino-alcohol motifs (C(OH)–C–C–N with tert-alkyl or cyclic N) is 1. The van der Waals surface area contributed by atoms with E-state index in [1.165, 1.54) is 0 Å². The fraction of sp³-hybridized carbons (Fsp3) is 0.667. The molecule has 0 spiro atoms. The number of aliphatic hydroxyl groups is 2. The van der Waals surface area contributed by atoms with Crippen LogP contribution in [0.5, 0.6) is 0 Å². The summed E-state index contributed by atoms with van der Waals surface area (Å²) >= 11 is 0. The molecule has 1 fully saturated rings. The van der Waals surface area contributed by atoms with Crippen LogP contribution in [0.3, 0.4) is 0 Å². The first-order chi connectivity index (χ1) is 8.02. The summed E-state index contributed by atoms with van der Waals surface area (Å²) in [5.74, 6) is 0.639. The first kappa shape index (κ1) is 12.3. The van der Waals surface area contributed by atoms with Crippen molar-refractivity contribution in [3.8, 4) is 0 Å². The fourth-order valence-electron chi connectivity index (χ4n) is 2.18. The Morgan fingerprint density at radius 1 is 1.53 bits per heavy atom. The highest BCUT2D eigenvalue weighted by molar-refractivity contribution is 5.34. The maximum absolute atomic E-state index is 10.0. The van der Waals surface area contributed by atoms with Crippen molar-refractivity contribution in [1.82, 2.24) is 9.97 Å². The molecule has 1 aliphatic heterocycles. The van der Waals surface area contributed by atoms with Gasteiger partial charge in [0.15, 0.2) is 0 Å². The fourth-order valence-corrected chi connectivity index (χ4v) is 2.18. The lowest BCUT2D eigenvalue weighted by atomic mass is 9.95. The topological polar surface area (TPSA) is 69.5 Å². The highest BCUT2D eigenvalue weighted by atomic mass is 16.3. The van der Waals surface area contributed by atoms with Gasteiger partial charge in [0.05, 0.1) is 12.2 Å². The minimum atomic E-state index is -0.662. The second-order valence-electron chi connectivity index (χ2n) is 4.96. The Morgan fingerprint density at radius 3 is 2.88 bits per heavy atom. The van der Waals surface area contributed by atoms with Crippen LogP contribution in [0, 0.1) is 6.92 Å². The highest BCUT2D eigenvalue weighted by Gasteiger charge is 2.29.